The van der Waals surface area contributed by atoms with Crippen LogP contribution in [0.1, 0.15) is 55.2 Å². The van der Waals surface area contributed by atoms with Crippen LogP contribution in [0.3, 0.4) is 0 Å². The van der Waals surface area contributed by atoms with Crippen molar-refractivity contribution in [2.24, 2.45) is 0 Å². The molecule has 1 N–H and O–H groups in total. The predicted molar refractivity (Wildman–Crippen MR) is 137 cm³/mol. The number of nitrogens with zero attached hydrogens (tertiary/aromatic N) is 3. The molecule has 1 aliphatic carbocycles. The summed E-state index contributed by atoms with van der Waals surface area (Å²) < 4.78 is 1.06. The number of fused-ring (bicyclic) bond motifs is 1. The second-order valence-corrected chi connectivity index (χ2v) is 10.6. The number of amides is 4. The normalized spacial score (nSPS) is 17.3. The number of carbonyl (C=O) groups excluding carboxylic acids is 3. The minimum Gasteiger partial charge on any atom is -0.323 e. The molecule has 1 spiro atoms. The molecule has 1 aliphatic heterocycles. The number of aromatic nitrogens is 1. The molecule has 4 amide bonds. The summed E-state index contributed by atoms with van der Waals surface area (Å²) >= 11 is 1.50. The van der Waals surface area contributed by atoms with E-state index in [1.165, 1.54) is 16.2 Å². The molecule has 5 rings (SSSR count). The third kappa shape index (κ3) is 4.55. The first-order valence-electron chi connectivity index (χ1n) is 12.2. The van der Waals surface area contributed by atoms with E-state index >= 15 is 0 Å². The molecule has 2 heterocycles. The van der Waals surface area contributed by atoms with Crippen molar-refractivity contribution in [3.8, 4) is 0 Å². The molecule has 0 unspecified atom stereocenters. The van der Waals surface area contributed by atoms with Gasteiger partial charge >= 0.3 is 6.03 Å². The van der Waals surface area contributed by atoms with E-state index in [1.807, 2.05) is 43.3 Å². The Morgan fingerprint density at radius 1 is 1.11 bits per heavy atom. The number of carbonyl (C=O) groups is 3. The minimum absolute atomic E-state index is 0.0516. The number of hydrogen-bond donors (Lipinski definition) is 1. The van der Waals surface area contributed by atoms with Gasteiger partial charge in [-0.25, -0.2) is 9.78 Å². The fourth-order valence-corrected chi connectivity index (χ4v) is 6.26. The molecule has 1 saturated heterocycles. The van der Waals surface area contributed by atoms with E-state index in [2.05, 4.69) is 18.3 Å². The van der Waals surface area contributed by atoms with Gasteiger partial charge in [0.1, 0.15) is 5.54 Å². The van der Waals surface area contributed by atoms with Crippen LogP contribution in [0.2, 0.25) is 0 Å². The first-order chi connectivity index (χ1) is 16.9. The highest BCUT2D eigenvalue weighted by Crippen LogP contribution is 2.35. The molecule has 3 aromatic rings. The summed E-state index contributed by atoms with van der Waals surface area (Å²) in [5.74, 6) is -0.344. The lowest BCUT2D eigenvalue weighted by Gasteiger charge is -2.30. The number of anilines is 1. The maximum Gasteiger partial charge on any atom is 0.325 e. The molecule has 2 fully saturated rings. The molecule has 0 radical (unpaired) electrons. The van der Waals surface area contributed by atoms with Crippen molar-refractivity contribution in [1.82, 2.24) is 15.2 Å². The molecule has 182 valence electrons. The van der Waals surface area contributed by atoms with Gasteiger partial charge < -0.3 is 5.32 Å². The van der Waals surface area contributed by atoms with Gasteiger partial charge in [0.15, 0.2) is 5.13 Å². The first kappa shape index (κ1) is 23.5. The van der Waals surface area contributed by atoms with Crippen LogP contribution in [0.4, 0.5) is 9.93 Å². The molecule has 8 heteroatoms. The van der Waals surface area contributed by atoms with Gasteiger partial charge in [-0.3, -0.25) is 19.4 Å². The monoisotopic (exact) mass is 490 g/mol. The van der Waals surface area contributed by atoms with Crippen LogP contribution < -0.4 is 10.2 Å². The molecule has 0 atom stereocenters. The third-order valence-corrected chi connectivity index (χ3v) is 8.26. The zero-order chi connectivity index (χ0) is 24.6. The van der Waals surface area contributed by atoms with E-state index in [0.29, 0.717) is 24.5 Å². The summed E-state index contributed by atoms with van der Waals surface area (Å²) in [7, 11) is 0. The van der Waals surface area contributed by atoms with E-state index in [4.69, 9.17) is 4.98 Å². The summed E-state index contributed by atoms with van der Waals surface area (Å²) in [5.41, 5.74) is 3.35. The number of thiazole rings is 1. The largest absolute Gasteiger partial charge is 0.325 e. The van der Waals surface area contributed by atoms with Crippen LogP contribution in [0.25, 0.3) is 10.2 Å². The highest BCUT2D eigenvalue weighted by atomic mass is 32.1. The van der Waals surface area contributed by atoms with Crippen LogP contribution in [-0.4, -0.2) is 39.8 Å². The lowest BCUT2D eigenvalue weighted by Crippen LogP contribution is -2.48. The van der Waals surface area contributed by atoms with Crippen molar-refractivity contribution in [3.63, 3.8) is 0 Å². The van der Waals surface area contributed by atoms with E-state index in [1.54, 1.807) is 4.90 Å². The van der Waals surface area contributed by atoms with Crippen LogP contribution in [-0.2, 0) is 16.1 Å². The fourth-order valence-electron chi connectivity index (χ4n) is 5.22. The molecule has 7 nitrogen and oxygen atoms in total. The summed E-state index contributed by atoms with van der Waals surface area (Å²) in [6.07, 6.45) is 4.34. The smallest absolute Gasteiger partial charge is 0.323 e. The van der Waals surface area contributed by atoms with Crippen molar-refractivity contribution < 1.29 is 14.4 Å². The van der Waals surface area contributed by atoms with Gasteiger partial charge in [-0.15, -0.1) is 0 Å². The van der Waals surface area contributed by atoms with Crippen molar-refractivity contribution in [2.75, 3.05) is 11.4 Å². The number of nitrogens with one attached hydrogen (secondary N) is 1. The lowest BCUT2D eigenvalue weighted by molar-refractivity contribution is -0.132. The molecule has 2 aliphatic rings. The van der Waals surface area contributed by atoms with Gasteiger partial charge in [-0.05, 0) is 49.4 Å². The van der Waals surface area contributed by atoms with Gasteiger partial charge in [-0.1, -0.05) is 67.0 Å². The van der Waals surface area contributed by atoms with Crippen molar-refractivity contribution in [1.29, 1.82) is 0 Å². The Labute approximate surface area is 209 Å². The molecular formula is C27H30N4O3S. The minimum atomic E-state index is -0.773. The average molecular weight is 491 g/mol. The van der Waals surface area contributed by atoms with E-state index in [9.17, 15) is 14.4 Å². The Balaban J connectivity index is 1.38. The predicted octanol–water partition coefficient (Wildman–Crippen LogP) is 5.09. The number of rotatable bonds is 6. The van der Waals surface area contributed by atoms with E-state index in [-0.39, 0.29) is 30.8 Å². The number of benzene rings is 2. The van der Waals surface area contributed by atoms with Crippen LogP contribution in [0.15, 0.2) is 42.5 Å². The summed E-state index contributed by atoms with van der Waals surface area (Å²) in [4.78, 5) is 47.0. The van der Waals surface area contributed by atoms with Crippen LogP contribution in [0.5, 0.6) is 0 Å². The second kappa shape index (κ2) is 9.41. The highest BCUT2D eigenvalue weighted by molar-refractivity contribution is 7.22. The Morgan fingerprint density at radius 2 is 1.86 bits per heavy atom. The van der Waals surface area contributed by atoms with Gasteiger partial charge in [0.05, 0.1) is 16.8 Å². The maximum absolute atomic E-state index is 13.5. The molecule has 1 aromatic heterocycles. The molecule has 2 aromatic carbocycles. The summed E-state index contributed by atoms with van der Waals surface area (Å²) in [5, 5.41) is 3.55. The van der Waals surface area contributed by atoms with Gasteiger partial charge in [-0.2, -0.15) is 0 Å². The topological polar surface area (TPSA) is 82.6 Å². The molecule has 35 heavy (non-hydrogen) atoms. The summed E-state index contributed by atoms with van der Waals surface area (Å²) in [6, 6.07) is 13.6. The molecular weight excluding hydrogens is 460 g/mol. The van der Waals surface area contributed by atoms with Crippen molar-refractivity contribution in [3.05, 3.63) is 59.2 Å². The Hall–Kier alpha value is -3.26. The average Bonchev–Trinajstić information content (AvgIpc) is 3.36. The number of urea groups is 1. The lowest BCUT2D eigenvalue weighted by atomic mass is 9.82. The first-order valence-corrected chi connectivity index (χ1v) is 13.0. The Bertz CT molecular complexity index is 1280. The number of aryl methyl sites for hydroxylation is 2. The van der Waals surface area contributed by atoms with E-state index in [0.717, 1.165) is 46.2 Å². The second-order valence-electron chi connectivity index (χ2n) is 9.67. The quantitative estimate of drug-likeness (QED) is 0.488. The zero-order valence-corrected chi connectivity index (χ0v) is 21.0. The SMILES string of the molecule is Cc1cc(C)c2sc(N(Cc3ccccc3)C(=O)CCN3C(=O)NC4(CCCCC4)C3=O)nc2c1. The van der Waals surface area contributed by atoms with Gasteiger partial charge in [0, 0.05) is 13.0 Å². The standard InChI is InChI=1S/C27H30N4O3S/c1-18-15-19(2)23-21(16-18)28-26(35-23)31(17-20-9-5-3-6-10-20)22(32)11-14-30-24(33)27(29-25(30)34)12-7-4-8-13-27/h3,5-6,9-10,15-16H,4,7-8,11-14,17H2,1-2H3,(H,29,34). The third-order valence-electron chi connectivity index (χ3n) is 7.03. The number of hydrogen-bond acceptors (Lipinski definition) is 5. The van der Waals surface area contributed by atoms with E-state index < -0.39 is 5.54 Å². The van der Waals surface area contributed by atoms with Crippen LogP contribution >= 0.6 is 11.3 Å². The summed E-state index contributed by atoms with van der Waals surface area (Å²) in [6.45, 7) is 4.54. The van der Waals surface area contributed by atoms with Crippen molar-refractivity contribution >= 4 is 44.5 Å². The highest BCUT2D eigenvalue weighted by Gasteiger charge is 2.51. The Morgan fingerprint density at radius 3 is 2.60 bits per heavy atom. The number of imide groups is 1. The maximum atomic E-state index is 13.5. The zero-order valence-electron chi connectivity index (χ0n) is 20.2. The Kier molecular flexibility index (Phi) is 6.32. The fraction of sp³-hybridized carbons (Fsp3) is 0.407. The van der Waals surface area contributed by atoms with Crippen LogP contribution in [0, 0.1) is 13.8 Å². The molecule has 1 saturated carbocycles. The molecule has 0 bridgehead atoms. The van der Waals surface area contributed by atoms with Gasteiger partial charge in [0.25, 0.3) is 5.91 Å². The van der Waals surface area contributed by atoms with Gasteiger partial charge in [0.2, 0.25) is 5.91 Å². The van der Waals surface area contributed by atoms with Crippen molar-refractivity contribution in [2.45, 2.75) is 64.5 Å².